The Kier molecular flexibility index (Phi) is 5.00. The second kappa shape index (κ2) is 6.44. The zero-order valence-corrected chi connectivity index (χ0v) is 15.3. The van der Waals surface area contributed by atoms with Crippen molar-refractivity contribution in [2.24, 2.45) is 10.8 Å². The summed E-state index contributed by atoms with van der Waals surface area (Å²) in [6.07, 6.45) is 3.54. The first-order valence-electron chi connectivity index (χ1n) is 7.73. The summed E-state index contributed by atoms with van der Waals surface area (Å²) in [5, 5.41) is 18.7. The van der Waals surface area contributed by atoms with Crippen molar-refractivity contribution < 1.29 is 4.42 Å². The van der Waals surface area contributed by atoms with Crippen LogP contribution in [-0.4, -0.2) is 20.4 Å². The molecule has 0 aromatic carbocycles. The molecule has 0 atom stereocenters. The molecular formula is C16H26N4OS. The lowest BCUT2D eigenvalue weighted by Crippen LogP contribution is -2.16. The maximum Gasteiger partial charge on any atom is 0.217 e. The second-order valence-corrected chi connectivity index (χ2v) is 9.15. The van der Waals surface area contributed by atoms with Gasteiger partial charge in [-0.3, -0.25) is 0 Å². The van der Waals surface area contributed by atoms with Crippen molar-refractivity contribution in [3.63, 3.8) is 0 Å². The third-order valence-corrected chi connectivity index (χ3v) is 4.24. The van der Waals surface area contributed by atoms with Gasteiger partial charge in [0.2, 0.25) is 11.8 Å². The van der Waals surface area contributed by atoms with E-state index in [1.54, 1.807) is 11.3 Å². The third-order valence-electron chi connectivity index (χ3n) is 3.40. The number of rotatable bonds is 6. The Bertz CT molecular complexity index is 610. The average Bonchev–Trinajstić information content (AvgIpc) is 2.94. The van der Waals surface area contributed by atoms with E-state index in [4.69, 9.17) is 4.42 Å². The normalized spacial score (nSPS) is 12.8. The fourth-order valence-electron chi connectivity index (χ4n) is 2.27. The Morgan fingerprint density at radius 2 is 1.59 bits per heavy atom. The first-order chi connectivity index (χ1) is 10.1. The van der Waals surface area contributed by atoms with Gasteiger partial charge in [0.25, 0.3) is 0 Å². The summed E-state index contributed by atoms with van der Waals surface area (Å²) >= 11 is 1.67. The monoisotopic (exact) mass is 322 g/mol. The number of aryl methyl sites for hydroxylation is 2. The quantitative estimate of drug-likeness (QED) is 0.803. The Balaban J connectivity index is 1.88. The molecule has 22 heavy (non-hydrogen) atoms. The maximum atomic E-state index is 5.76. The van der Waals surface area contributed by atoms with Crippen LogP contribution < -0.4 is 0 Å². The van der Waals surface area contributed by atoms with E-state index in [1.807, 2.05) is 6.92 Å². The summed E-state index contributed by atoms with van der Waals surface area (Å²) in [5.74, 6) is 1.47. The fourth-order valence-corrected chi connectivity index (χ4v) is 3.23. The largest absolute Gasteiger partial charge is 0.425 e. The minimum absolute atomic E-state index is 0.143. The summed E-state index contributed by atoms with van der Waals surface area (Å²) < 4.78 is 5.76. The Labute approximate surface area is 136 Å². The zero-order chi connectivity index (χ0) is 16.4. The Morgan fingerprint density at radius 1 is 0.909 bits per heavy atom. The number of aromatic nitrogens is 4. The third kappa shape index (κ3) is 5.48. The van der Waals surface area contributed by atoms with Crippen LogP contribution in [0.5, 0.6) is 0 Å². The molecule has 122 valence electrons. The number of nitrogens with zero attached hydrogens (tertiary/aromatic N) is 4. The minimum atomic E-state index is 0.143. The highest BCUT2D eigenvalue weighted by molar-refractivity contribution is 7.11. The molecule has 2 aromatic heterocycles. The molecule has 0 saturated heterocycles. The Morgan fingerprint density at radius 3 is 2.18 bits per heavy atom. The molecule has 0 fully saturated rings. The SMILES string of the molecule is Cc1nnc(CC(C)(C)CCc2nnc(CC(C)(C)C)o2)s1. The highest BCUT2D eigenvalue weighted by Crippen LogP contribution is 2.29. The summed E-state index contributed by atoms with van der Waals surface area (Å²) in [6.45, 7) is 13.0. The van der Waals surface area contributed by atoms with Crippen LogP contribution in [0.15, 0.2) is 4.42 Å². The van der Waals surface area contributed by atoms with Crippen LogP contribution in [0, 0.1) is 17.8 Å². The van der Waals surface area contributed by atoms with Gasteiger partial charge in [-0.25, -0.2) is 0 Å². The lowest BCUT2D eigenvalue weighted by atomic mass is 9.84. The van der Waals surface area contributed by atoms with Crippen LogP contribution >= 0.6 is 11.3 Å². The van der Waals surface area contributed by atoms with Gasteiger partial charge in [0.15, 0.2) is 0 Å². The molecule has 0 spiro atoms. The van der Waals surface area contributed by atoms with Gasteiger partial charge in [0.1, 0.15) is 10.0 Å². The molecule has 0 aliphatic carbocycles. The van der Waals surface area contributed by atoms with Crippen molar-refractivity contribution >= 4 is 11.3 Å². The van der Waals surface area contributed by atoms with E-state index < -0.39 is 0 Å². The van der Waals surface area contributed by atoms with Crippen molar-refractivity contribution in [1.29, 1.82) is 0 Å². The standard InChI is InChI=1S/C16H26N4OS/c1-11-17-20-14(22-11)10-16(5,6)8-7-12-18-19-13(21-12)9-15(2,3)4/h7-10H2,1-6H3. The molecule has 2 heterocycles. The molecule has 0 aliphatic heterocycles. The van der Waals surface area contributed by atoms with Crippen molar-refractivity contribution in [2.75, 3.05) is 0 Å². The smallest absolute Gasteiger partial charge is 0.217 e. The van der Waals surface area contributed by atoms with Gasteiger partial charge in [-0.15, -0.1) is 31.7 Å². The van der Waals surface area contributed by atoms with E-state index in [1.165, 1.54) is 0 Å². The van der Waals surface area contributed by atoms with Crippen LogP contribution in [0.25, 0.3) is 0 Å². The summed E-state index contributed by atoms with van der Waals surface area (Å²) in [4.78, 5) is 0. The van der Waals surface area contributed by atoms with Gasteiger partial charge in [0.05, 0.1) is 0 Å². The van der Waals surface area contributed by atoms with E-state index in [0.717, 1.165) is 47.5 Å². The van der Waals surface area contributed by atoms with Crippen LogP contribution in [0.4, 0.5) is 0 Å². The van der Waals surface area contributed by atoms with Gasteiger partial charge in [0, 0.05) is 19.3 Å². The number of hydrogen-bond acceptors (Lipinski definition) is 6. The number of hydrogen-bond donors (Lipinski definition) is 0. The molecule has 0 N–H and O–H groups in total. The molecule has 0 aliphatic rings. The minimum Gasteiger partial charge on any atom is -0.425 e. The molecule has 0 radical (unpaired) electrons. The Hall–Kier alpha value is -1.30. The van der Waals surface area contributed by atoms with Crippen molar-refractivity contribution in [3.05, 3.63) is 21.8 Å². The average molecular weight is 322 g/mol. The van der Waals surface area contributed by atoms with Crippen LogP contribution in [-0.2, 0) is 19.3 Å². The summed E-state index contributed by atoms with van der Waals surface area (Å²) in [7, 11) is 0. The summed E-state index contributed by atoms with van der Waals surface area (Å²) in [5.41, 5.74) is 0.309. The molecular weight excluding hydrogens is 296 g/mol. The lowest BCUT2D eigenvalue weighted by Gasteiger charge is -2.22. The topological polar surface area (TPSA) is 64.7 Å². The van der Waals surface area contributed by atoms with Gasteiger partial charge < -0.3 is 4.42 Å². The maximum absolute atomic E-state index is 5.76. The van der Waals surface area contributed by atoms with Crippen molar-refractivity contribution in [2.45, 2.75) is 67.2 Å². The van der Waals surface area contributed by atoms with Gasteiger partial charge >= 0.3 is 0 Å². The van der Waals surface area contributed by atoms with Crippen LogP contribution in [0.1, 0.15) is 62.8 Å². The van der Waals surface area contributed by atoms with Crippen LogP contribution in [0.2, 0.25) is 0 Å². The lowest BCUT2D eigenvalue weighted by molar-refractivity contribution is 0.305. The second-order valence-electron chi connectivity index (χ2n) is 7.88. The molecule has 2 aromatic rings. The van der Waals surface area contributed by atoms with E-state index in [-0.39, 0.29) is 10.8 Å². The predicted octanol–water partition coefficient (Wildman–Crippen LogP) is 4.02. The first-order valence-corrected chi connectivity index (χ1v) is 8.55. The van der Waals surface area contributed by atoms with Gasteiger partial charge in [-0.05, 0) is 24.2 Å². The highest BCUT2D eigenvalue weighted by atomic mass is 32.1. The van der Waals surface area contributed by atoms with E-state index >= 15 is 0 Å². The first kappa shape index (κ1) is 17.1. The molecule has 0 bridgehead atoms. The highest BCUT2D eigenvalue weighted by Gasteiger charge is 2.22. The van der Waals surface area contributed by atoms with Crippen LogP contribution in [0.3, 0.4) is 0 Å². The zero-order valence-electron chi connectivity index (χ0n) is 14.4. The predicted molar refractivity (Wildman–Crippen MR) is 87.9 cm³/mol. The van der Waals surface area contributed by atoms with E-state index in [2.05, 4.69) is 55.0 Å². The fraction of sp³-hybridized carbons (Fsp3) is 0.750. The molecule has 0 amide bonds. The molecule has 6 heteroatoms. The van der Waals surface area contributed by atoms with Crippen molar-refractivity contribution in [3.8, 4) is 0 Å². The molecule has 0 saturated carbocycles. The van der Waals surface area contributed by atoms with Gasteiger partial charge in [-0.2, -0.15) is 0 Å². The molecule has 2 rings (SSSR count). The van der Waals surface area contributed by atoms with E-state index in [9.17, 15) is 0 Å². The molecule has 5 nitrogen and oxygen atoms in total. The van der Waals surface area contributed by atoms with E-state index in [0.29, 0.717) is 0 Å². The van der Waals surface area contributed by atoms with Gasteiger partial charge in [-0.1, -0.05) is 34.6 Å². The summed E-state index contributed by atoms with van der Waals surface area (Å²) in [6, 6.07) is 0. The van der Waals surface area contributed by atoms with Crippen molar-refractivity contribution in [1.82, 2.24) is 20.4 Å². The molecule has 0 unspecified atom stereocenters.